The maximum Gasteiger partial charge on any atom is 0.223 e. The van der Waals surface area contributed by atoms with Crippen molar-refractivity contribution < 1.29 is 4.52 Å². The molecule has 25 heavy (non-hydrogen) atoms. The SMILES string of the molecule is Cc1nc(CSc2nc3cc(Cl)ccc3n2Cc2ccccc2)no1. The number of hydrogen-bond donors (Lipinski definition) is 0. The highest BCUT2D eigenvalue weighted by atomic mass is 35.5. The number of nitrogens with zero attached hydrogens (tertiary/aromatic N) is 4. The Morgan fingerprint density at radius 1 is 1.12 bits per heavy atom. The summed E-state index contributed by atoms with van der Waals surface area (Å²) in [7, 11) is 0. The normalized spacial score (nSPS) is 11.3. The summed E-state index contributed by atoms with van der Waals surface area (Å²) in [6, 6.07) is 16.1. The molecule has 7 heteroatoms. The maximum absolute atomic E-state index is 6.13. The highest BCUT2D eigenvalue weighted by Gasteiger charge is 2.14. The van der Waals surface area contributed by atoms with Gasteiger partial charge in [-0.2, -0.15) is 4.98 Å². The van der Waals surface area contributed by atoms with Gasteiger partial charge in [0.25, 0.3) is 0 Å². The molecule has 0 bridgehead atoms. The van der Waals surface area contributed by atoms with E-state index in [0.717, 1.165) is 22.7 Å². The first-order valence-electron chi connectivity index (χ1n) is 7.81. The van der Waals surface area contributed by atoms with E-state index in [2.05, 4.69) is 26.8 Å². The van der Waals surface area contributed by atoms with E-state index in [4.69, 9.17) is 21.1 Å². The number of fused-ring (bicyclic) bond motifs is 1. The molecule has 0 unspecified atom stereocenters. The van der Waals surface area contributed by atoms with Crippen molar-refractivity contribution in [1.82, 2.24) is 19.7 Å². The van der Waals surface area contributed by atoms with Gasteiger partial charge in [-0.05, 0) is 23.8 Å². The first-order valence-corrected chi connectivity index (χ1v) is 9.17. The van der Waals surface area contributed by atoms with Crippen LogP contribution in [0.3, 0.4) is 0 Å². The Labute approximate surface area is 154 Å². The molecule has 0 fully saturated rings. The Kier molecular flexibility index (Phi) is 4.46. The van der Waals surface area contributed by atoms with E-state index >= 15 is 0 Å². The predicted molar refractivity (Wildman–Crippen MR) is 98.9 cm³/mol. The zero-order valence-electron chi connectivity index (χ0n) is 13.5. The fraction of sp³-hybridized carbons (Fsp3) is 0.167. The van der Waals surface area contributed by atoms with Crippen LogP contribution in [0, 0.1) is 6.92 Å². The third kappa shape index (κ3) is 3.55. The minimum atomic E-state index is 0.570. The first kappa shape index (κ1) is 16.2. The Morgan fingerprint density at radius 3 is 2.72 bits per heavy atom. The molecular formula is C18H15ClN4OS. The molecule has 0 amide bonds. The topological polar surface area (TPSA) is 56.7 Å². The van der Waals surface area contributed by atoms with Gasteiger partial charge in [0.1, 0.15) is 0 Å². The minimum Gasteiger partial charge on any atom is -0.340 e. The van der Waals surface area contributed by atoms with Crippen LogP contribution in [0.15, 0.2) is 58.2 Å². The maximum atomic E-state index is 6.13. The van der Waals surface area contributed by atoms with E-state index < -0.39 is 0 Å². The van der Waals surface area contributed by atoms with Crippen molar-refractivity contribution in [3.8, 4) is 0 Å². The fourth-order valence-electron chi connectivity index (χ4n) is 2.64. The number of thioether (sulfide) groups is 1. The second kappa shape index (κ2) is 6.90. The monoisotopic (exact) mass is 370 g/mol. The van der Waals surface area contributed by atoms with Crippen LogP contribution in [0.25, 0.3) is 11.0 Å². The van der Waals surface area contributed by atoms with Crippen molar-refractivity contribution in [1.29, 1.82) is 0 Å². The second-order valence-electron chi connectivity index (χ2n) is 5.62. The van der Waals surface area contributed by atoms with Crippen molar-refractivity contribution in [3.05, 3.63) is 70.8 Å². The molecule has 0 N–H and O–H groups in total. The number of rotatable bonds is 5. The van der Waals surface area contributed by atoms with Crippen molar-refractivity contribution in [2.45, 2.75) is 24.4 Å². The third-order valence-corrected chi connectivity index (χ3v) is 4.97. The van der Waals surface area contributed by atoms with Crippen LogP contribution >= 0.6 is 23.4 Å². The van der Waals surface area contributed by atoms with Gasteiger partial charge in [0.2, 0.25) is 5.89 Å². The van der Waals surface area contributed by atoms with Gasteiger partial charge >= 0.3 is 0 Å². The average Bonchev–Trinajstić information content (AvgIpc) is 3.17. The average molecular weight is 371 g/mol. The van der Waals surface area contributed by atoms with Crippen LogP contribution in [0.1, 0.15) is 17.3 Å². The van der Waals surface area contributed by atoms with Gasteiger partial charge in [-0.1, -0.05) is 58.9 Å². The lowest BCUT2D eigenvalue weighted by atomic mass is 10.2. The molecule has 0 atom stereocenters. The fourth-order valence-corrected chi connectivity index (χ4v) is 3.66. The molecule has 0 saturated heterocycles. The summed E-state index contributed by atoms with van der Waals surface area (Å²) in [4.78, 5) is 9.00. The number of halogens is 1. The van der Waals surface area contributed by atoms with Crippen LogP contribution in [0.5, 0.6) is 0 Å². The van der Waals surface area contributed by atoms with Crippen LogP contribution in [0.4, 0.5) is 0 Å². The summed E-state index contributed by atoms with van der Waals surface area (Å²) >= 11 is 7.72. The first-order chi connectivity index (χ1) is 12.2. The van der Waals surface area contributed by atoms with Crippen LogP contribution in [-0.2, 0) is 12.3 Å². The van der Waals surface area contributed by atoms with Gasteiger partial charge in [0, 0.05) is 11.9 Å². The molecule has 2 aromatic carbocycles. The molecule has 4 rings (SSSR count). The highest BCUT2D eigenvalue weighted by molar-refractivity contribution is 7.98. The van der Waals surface area contributed by atoms with Crippen molar-refractivity contribution >= 4 is 34.4 Å². The minimum absolute atomic E-state index is 0.570. The lowest BCUT2D eigenvalue weighted by Gasteiger charge is -2.08. The number of aromatic nitrogens is 4. The van der Waals surface area contributed by atoms with Gasteiger partial charge in [0.15, 0.2) is 11.0 Å². The Morgan fingerprint density at radius 2 is 1.96 bits per heavy atom. The molecule has 0 saturated carbocycles. The van der Waals surface area contributed by atoms with E-state index in [1.807, 2.05) is 36.4 Å². The molecule has 0 aliphatic carbocycles. The molecule has 4 aromatic rings. The van der Waals surface area contributed by atoms with Crippen molar-refractivity contribution in [2.75, 3.05) is 0 Å². The lowest BCUT2D eigenvalue weighted by molar-refractivity contribution is 0.389. The van der Waals surface area contributed by atoms with Crippen molar-refractivity contribution in [3.63, 3.8) is 0 Å². The van der Waals surface area contributed by atoms with E-state index in [-0.39, 0.29) is 0 Å². The molecule has 0 radical (unpaired) electrons. The van der Waals surface area contributed by atoms with E-state index in [1.54, 1.807) is 18.7 Å². The lowest BCUT2D eigenvalue weighted by Crippen LogP contribution is -2.01. The number of imidazole rings is 1. The third-order valence-electron chi connectivity index (χ3n) is 3.76. The second-order valence-corrected chi connectivity index (χ2v) is 7.00. The zero-order valence-corrected chi connectivity index (χ0v) is 15.1. The van der Waals surface area contributed by atoms with Gasteiger partial charge < -0.3 is 9.09 Å². The van der Waals surface area contributed by atoms with E-state index in [9.17, 15) is 0 Å². The molecular weight excluding hydrogens is 356 g/mol. The molecule has 0 aliphatic heterocycles. The largest absolute Gasteiger partial charge is 0.340 e. The number of hydrogen-bond acceptors (Lipinski definition) is 5. The molecule has 0 spiro atoms. The summed E-state index contributed by atoms with van der Waals surface area (Å²) < 4.78 is 7.23. The number of aryl methyl sites for hydroxylation is 1. The van der Waals surface area contributed by atoms with E-state index in [1.165, 1.54) is 5.56 Å². The Hall–Kier alpha value is -2.31. The van der Waals surface area contributed by atoms with Gasteiger partial charge in [0.05, 0.1) is 23.3 Å². The summed E-state index contributed by atoms with van der Waals surface area (Å²) in [5.74, 6) is 1.84. The summed E-state index contributed by atoms with van der Waals surface area (Å²) in [6.07, 6.45) is 0. The molecule has 2 heterocycles. The summed E-state index contributed by atoms with van der Waals surface area (Å²) in [5.41, 5.74) is 3.16. The Bertz CT molecular complexity index is 1010. The van der Waals surface area contributed by atoms with Crippen LogP contribution < -0.4 is 0 Å². The molecule has 5 nitrogen and oxygen atoms in total. The zero-order chi connectivity index (χ0) is 17.2. The summed E-state index contributed by atoms with van der Waals surface area (Å²) in [5, 5.41) is 5.54. The number of benzene rings is 2. The summed E-state index contributed by atoms with van der Waals surface area (Å²) in [6.45, 7) is 2.53. The van der Waals surface area contributed by atoms with Gasteiger partial charge in [-0.3, -0.25) is 0 Å². The van der Waals surface area contributed by atoms with Gasteiger partial charge in [-0.15, -0.1) is 0 Å². The predicted octanol–water partition coefficient (Wildman–Crippen LogP) is 4.72. The van der Waals surface area contributed by atoms with Crippen LogP contribution in [0.2, 0.25) is 5.02 Å². The van der Waals surface area contributed by atoms with E-state index in [0.29, 0.717) is 22.5 Å². The Balaban J connectivity index is 1.69. The molecule has 126 valence electrons. The quantitative estimate of drug-likeness (QED) is 0.476. The van der Waals surface area contributed by atoms with Gasteiger partial charge in [-0.25, -0.2) is 4.98 Å². The van der Waals surface area contributed by atoms with Crippen LogP contribution in [-0.4, -0.2) is 19.7 Å². The smallest absolute Gasteiger partial charge is 0.223 e. The molecule has 2 aromatic heterocycles. The highest BCUT2D eigenvalue weighted by Crippen LogP contribution is 2.28. The van der Waals surface area contributed by atoms with Crippen molar-refractivity contribution in [2.24, 2.45) is 0 Å². The molecule has 0 aliphatic rings. The standard InChI is InChI=1S/C18H15ClN4OS/c1-12-20-17(22-24-12)11-25-18-21-15-9-14(19)7-8-16(15)23(18)10-13-5-3-2-4-6-13/h2-9H,10-11H2,1H3.